The Labute approximate surface area is 88.4 Å². The first-order valence-electron chi connectivity index (χ1n) is 4.00. The molecular weight excluding hydrogens is 205 g/mol. The van der Waals surface area contributed by atoms with Crippen LogP contribution in [0.5, 0.6) is 0 Å². The predicted octanol–water partition coefficient (Wildman–Crippen LogP) is 3.81. The lowest BCUT2D eigenvalue weighted by Gasteiger charge is -2.03. The second-order valence-corrected chi connectivity index (χ2v) is 4.02. The molecule has 0 atom stereocenters. The lowest BCUT2D eigenvalue weighted by atomic mass is 10.1. The minimum absolute atomic E-state index is 0.543. The quantitative estimate of drug-likeness (QED) is 0.526. The molecule has 0 N–H and O–H groups in total. The Bertz CT molecular complexity index is 298. The van der Waals surface area contributed by atoms with Crippen molar-refractivity contribution >= 4 is 35.1 Å². The summed E-state index contributed by atoms with van der Waals surface area (Å²) in [7, 11) is 0. The molecule has 3 heteroatoms. The Balaban J connectivity index is 3.00. The number of hydrogen-bond donors (Lipinski definition) is 0. The van der Waals surface area contributed by atoms with Crippen LogP contribution in [0.15, 0.2) is 23.2 Å². The normalized spacial score (nSPS) is 11.5. The van der Waals surface area contributed by atoms with Gasteiger partial charge in [0.1, 0.15) is 4.84 Å². The second kappa shape index (κ2) is 4.64. The number of nitrogens with zero attached hydrogens (tertiary/aromatic N) is 1. The Morgan fingerprint density at radius 2 is 1.77 bits per heavy atom. The third-order valence-corrected chi connectivity index (χ3v) is 1.98. The Hall–Kier alpha value is -0.530. The summed E-state index contributed by atoms with van der Waals surface area (Å²) in [4.78, 5) is 3.67. The molecule has 0 heterocycles. The molecule has 0 bridgehead atoms. The number of halogens is 2. The van der Waals surface area contributed by atoms with Crippen LogP contribution in [0, 0.1) is 13.8 Å². The van der Waals surface area contributed by atoms with E-state index in [1.165, 1.54) is 6.21 Å². The first kappa shape index (κ1) is 10.6. The summed E-state index contributed by atoms with van der Waals surface area (Å²) in [5.41, 5.74) is 3.21. The zero-order chi connectivity index (χ0) is 9.84. The molecule has 1 rings (SSSR count). The molecule has 0 spiro atoms. The molecule has 1 aromatic rings. The highest BCUT2D eigenvalue weighted by Crippen LogP contribution is 2.22. The van der Waals surface area contributed by atoms with E-state index in [0.29, 0.717) is 0 Å². The molecule has 0 aliphatic carbocycles. The van der Waals surface area contributed by atoms with Gasteiger partial charge in [-0.2, -0.15) is 0 Å². The lowest BCUT2D eigenvalue weighted by Crippen LogP contribution is -1.87. The van der Waals surface area contributed by atoms with Crippen LogP contribution in [0.1, 0.15) is 11.1 Å². The summed E-state index contributed by atoms with van der Waals surface area (Å²) in [6.45, 7) is 4.02. The van der Waals surface area contributed by atoms with Gasteiger partial charge in [0.15, 0.2) is 0 Å². The molecule has 0 unspecified atom stereocenters. The van der Waals surface area contributed by atoms with Gasteiger partial charge in [0.05, 0.1) is 5.69 Å². The van der Waals surface area contributed by atoms with Crippen LogP contribution >= 0.6 is 23.2 Å². The van der Waals surface area contributed by atoms with Crippen molar-refractivity contribution in [1.29, 1.82) is 0 Å². The van der Waals surface area contributed by atoms with Crippen molar-refractivity contribution in [3.05, 3.63) is 29.3 Å². The average molecular weight is 216 g/mol. The molecule has 70 valence electrons. The molecule has 0 amide bonds. The minimum Gasteiger partial charge on any atom is -0.258 e. The fourth-order valence-corrected chi connectivity index (χ4v) is 1.25. The summed E-state index contributed by atoms with van der Waals surface area (Å²) in [5, 5.41) is 0. The van der Waals surface area contributed by atoms with E-state index in [9.17, 15) is 0 Å². The van der Waals surface area contributed by atoms with Gasteiger partial charge in [0, 0.05) is 6.21 Å². The maximum atomic E-state index is 5.55. The van der Waals surface area contributed by atoms with Crippen molar-refractivity contribution in [2.24, 2.45) is 4.99 Å². The van der Waals surface area contributed by atoms with Gasteiger partial charge in [0.2, 0.25) is 0 Å². The van der Waals surface area contributed by atoms with Gasteiger partial charge in [-0.05, 0) is 25.0 Å². The van der Waals surface area contributed by atoms with E-state index in [0.717, 1.165) is 16.8 Å². The second-order valence-electron chi connectivity index (χ2n) is 2.85. The molecular formula is C10H11Cl2N. The van der Waals surface area contributed by atoms with Crippen LogP contribution in [-0.4, -0.2) is 11.1 Å². The molecule has 0 saturated carbocycles. The largest absolute Gasteiger partial charge is 0.258 e. The maximum absolute atomic E-state index is 5.55. The molecule has 1 aromatic carbocycles. The number of alkyl halides is 2. The molecule has 0 aliphatic rings. The van der Waals surface area contributed by atoms with Crippen molar-refractivity contribution in [2.75, 3.05) is 0 Å². The number of para-hydroxylation sites is 1. The van der Waals surface area contributed by atoms with E-state index >= 15 is 0 Å². The summed E-state index contributed by atoms with van der Waals surface area (Å²) >= 11 is 11.1. The van der Waals surface area contributed by atoms with Crippen molar-refractivity contribution in [2.45, 2.75) is 18.7 Å². The van der Waals surface area contributed by atoms with Crippen LogP contribution in [0.25, 0.3) is 0 Å². The molecule has 0 aliphatic heterocycles. The number of rotatable bonds is 2. The Morgan fingerprint density at radius 1 is 1.23 bits per heavy atom. The van der Waals surface area contributed by atoms with E-state index in [2.05, 4.69) is 4.99 Å². The molecule has 0 aromatic heterocycles. The highest BCUT2D eigenvalue weighted by Gasteiger charge is 1.99. The maximum Gasteiger partial charge on any atom is 0.142 e. The fourth-order valence-electron chi connectivity index (χ4n) is 1.14. The number of hydrogen-bond acceptors (Lipinski definition) is 1. The van der Waals surface area contributed by atoms with Gasteiger partial charge in [-0.1, -0.05) is 41.4 Å². The summed E-state index contributed by atoms with van der Waals surface area (Å²) in [6.07, 6.45) is 1.53. The van der Waals surface area contributed by atoms with Gasteiger partial charge in [0.25, 0.3) is 0 Å². The van der Waals surface area contributed by atoms with Crippen LogP contribution in [0.2, 0.25) is 0 Å². The van der Waals surface area contributed by atoms with Crippen LogP contribution in [0.4, 0.5) is 5.69 Å². The van der Waals surface area contributed by atoms with E-state index in [-0.39, 0.29) is 0 Å². The third kappa shape index (κ3) is 3.02. The minimum atomic E-state index is -0.543. The highest BCUT2D eigenvalue weighted by molar-refractivity contribution is 6.51. The zero-order valence-corrected chi connectivity index (χ0v) is 9.10. The molecule has 0 saturated heterocycles. The first-order chi connectivity index (χ1) is 6.11. The van der Waals surface area contributed by atoms with Crippen molar-refractivity contribution in [1.82, 2.24) is 0 Å². The molecule has 0 fully saturated rings. The molecule has 13 heavy (non-hydrogen) atoms. The monoisotopic (exact) mass is 215 g/mol. The summed E-state index contributed by atoms with van der Waals surface area (Å²) in [6, 6.07) is 6.02. The molecule has 1 nitrogen and oxygen atoms in total. The first-order valence-corrected chi connectivity index (χ1v) is 4.87. The standard InChI is InChI=1S/C10H11Cl2N/c1-7-4-3-5-8(2)10(7)13-6-9(11)12/h3-6,9H,1-2H3. The van der Waals surface area contributed by atoms with Gasteiger partial charge in [-0.25, -0.2) is 0 Å². The summed E-state index contributed by atoms with van der Waals surface area (Å²) < 4.78 is 0. The van der Waals surface area contributed by atoms with Gasteiger partial charge in [-0.3, -0.25) is 4.99 Å². The van der Waals surface area contributed by atoms with E-state index in [1.807, 2.05) is 32.0 Å². The topological polar surface area (TPSA) is 12.4 Å². The smallest absolute Gasteiger partial charge is 0.142 e. The van der Waals surface area contributed by atoms with Crippen LogP contribution < -0.4 is 0 Å². The zero-order valence-electron chi connectivity index (χ0n) is 7.59. The third-order valence-electron chi connectivity index (χ3n) is 1.76. The van der Waals surface area contributed by atoms with Crippen molar-refractivity contribution in [3.63, 3.8) is 0 Å². The van der Waals surface area contributed by atoms with Crippen LogP contribution in [0.3, 0.4) is 0 Å². The van der Waals surface area contributed by atoms with E-state index in [1.54, 1.807) is 0 Å². The van der Waals surface area contributed by atoms with E-state index in [4.69, 9.17) is 23.2 Å². The number of aliphatic imine (C=N–C) groups is 1. The fraction of sp³-hybridized carbons (Fsp3) is 0.300. The average Bonchev–Trinajstić information content (AvgIpc) is 2.03. The SMILES string of the molecule is Cc1cccc(C)c1N=CC(Cl)Cl. The summed E-state index contributed by atoms with van der Waals surface area (Å²) in [5.74, 6) is 0. The van der Waals surface area contributed by atoms with E-state index < -0.39 is 4.84 Å². The van der Waals surface area contributed by atoms with Crippen molar-refractivity contribution < 1.29 is 0 Å². The van der Waals surface area contributed by atoms with Crippen molar-refractivity contribution in [3.8, 4) is 0 Å². The van der Waals surface area contributed by atoms with Gasteiger partial charge in [-0.15, -0.1) is 0 Å². The van der Waals surface area contributed by atoms with Gasteiger partial charge >= 0.3 is 0 Å². The highest BCUT2D eigenvalue weighted by atomic mass is 35.5. The lowest BCUT2D eigenvalue weighted by molar-refractivity contribution is 1.33. The number of aryl methyl sites for hydroxylation is 2. The predicted molar refractivity (Wildman–Crippen MR) is 59.6 cm³/mol. The van der Waals surface area contributed by atoms with Crippen LogP contribution in [-0.2, 0) is 0 Å². The Morgan fingerprint density at radius 3 is 2.23 bits per heavy atom. The molecule has 0 radical (unpaired) electrons. The van der Waals surface area contributed by atoms with Gasteiger partial charge < -0.3 is 0 Å². The number of benzene rings is 1. The Kier molecular flexibility index (Phi) is 3.76.